The van der Waals surface area contributed by atoms with Crippen molar-refractivity contribution in [1.82, 2.24) is 4.90 Å². The third-order valence-electron chi connectivity index (χ3n) is 6.84. The molecule has 1 N–H and O–H groups in total. The first-order chi connectivity index (χ1) is 19.0. The molecule has 2 aromatic rings. The zero-order valence-electron chi connectivity index (χ0n) is 24.4. The molecule has 0 heterocycles. The van der Waals surface area contributed by atoms with Gasteiger partial charge in [0.25, 0.3) is 0 Å². The van der Waals surface area contributed by atoms with Crippen molar-refractivity contribution in [3.05, 3.63) is 71.0 Å². The van der Waals surface area contributed by atoms with E-state index < -0.39 is 5.97 Å². The number of carbonyl (C=O) groups is 2. The van der Waals surface area contributed by atoms with Gasteiger partial charge in [0.2, 0.25) is 0 Å². The number of unbranched alkanes of at least 4 members (excludes halogenated alkanes) is 10. The van der Waals surface area contributed by atoms with Crippen LogP contribution >= 0.6 is 0 Å². The Kier molecular flexibility index (Phi) is 19.7. The molecule has 0 saturated carbocycles. The molecule has 0 aromatic heterocycles. The summed E-state index contributed by atoms with van der Waals surface area (Å²) in [5.41, 5.74) is 2.51. The number of carboxylic acids is 1. The van der Waals surface area contributed by atoms with E-state index in [4.69, 9.17) is 0 Å². The first-order valence-corrected chi connectivity index (χ1v) is 14.9. The molecule has 7 heteroatoms. The quantitative estimate of drug-likeness (QED) is 0.0900. The Morgan fingerprint density at radius 3 is 1.85 bits per heavy atom. The number of nitrogens with zero attached hydrogens (tertiary/aromatic N) is 3. The van der Waals surface area contributed by atoms with E-state index in [-0.39, 0.29) is 28.9 Å². The van der Waals surface area contributed by atoms with Gasteiger partial charge in [0, 0.05) is 28.6 Å². The van der Waals surface area contributed by atoms with E-state index in [9.17, 15) is 14.7 Å². The van der Waals surface area contributed by atoms with Crippen LogP contribution in [0.1, 0.15) is 102 Å². The summed E-state index contributed by atoms with van der Waals surface area (Å²) in [6, 6.07) is 16.8. The molecular weight excluding hydrogens is 545 g/mol. The SMILES string of the molecule is CCCCCCCCN(CCCCCCCC)CC(=O)[N-]c1ccccc1C(=NCC(=O)O)c1ccccc1.[Ni]. The molecule has 224 valence electrons. The second-order valence-corrected chi connectivity index (χ2v) is 10.3. The number of carbonyl (C=O) groups excluding carboxylic acids is 1. The van der Waals surface area contributed by atoms with Gasteiger partial charge in [-0.2, -0.15) is 0 Å². The molecule has 0 aliphatic heterocycles. The topological polar surface area (TPSA) is 84.1 Å². The normalized spacial score (nSPS) is 11.3. The average molecular weight is 593 g/mol. The molecule has 0 aliphatic rings. The zero-order valence-corrected chi connectivity index (χ0v) is 25.4. The summed E-state index contributed by atoms with van der Waals surface area (Å²) in [6.45, 7) is 6.24. The fraction of sp³-hybridized carbons (Fsp3) is 0.545. The van der Waals surface area contributed by atoms with E-state index in [2.05, 4.69) is 29.1 Å². The minimum absolute atomic E-state index is 0. The number of benzene rings is 2. The summed E-state index contributed by atoms with van der Waals surface area (Å²) in [4.78, 5) is 31.1. The number of hydrogen-bond acceptors (Lipinski definition) is 4. The third kappa shape index (κ3) is 14.8. The minimum Gasteiger partial charge on any atom is -0.625 e. The monoisotopic (exact) mass is 592 g/mol. The number of carboxylic acid groups (broad SMARTS) is 1. The van der Waals surface area contributed by atoms with Crippen LogP contribution in [0.25, 0.3) is 5.32 Å². The van der Waals surface area contributed by atoms with Crippen LogP contribution in [0.2, 0.25) is 0 Å². The van der Waals surface area contributed by atoms with Crippen LogP contribution in [0.3, 0.4) is 0 Å². The van der Waals surface area contributed by atoms with Gasteiger partial charge in [-0.05, 0) is 31.5 Å². The van der Waals surface area contributed by atoms with Crippen molar-refractivity contribution >= 4 is 23.3 Å². The number of rotatable bonds is 21. The predicted octanol–water partition coefficient (Wildman–Crippen LogP) is 8.16. The van der Waals surface area contributed by atoms with Crippen LogP contribution in [0.5, 0.6) is 0 Å². The summed E-state index contributed by atoms with van der Waals surface area (Å²) >= 11 is 0. The van der Waals surface area contributed by atoms with Gasteiger partial charge in [0.05, 0.1) is 11.6 Å². The number of aliphatic carboxylic acids is 1. The second-order valence-electron chi connectivity index (χ2n) is 10.3. The number of para-hydroxylation sites is 1. The Balaban J connectivity index is 0.00000800. The molecule has 0 spiro atoms. The van der Waals surface area contributed by atoms with Gasteiger partial charge in [-0.25, -0.2) is 0 Å². The van der Waals surface area contributed by atoms with Crippen molar-refractivity contribution in [1.29, 1.82) is 0 Å². The molecule has 0 fully saturated rings. The molecule has 2 aromatic carbocycles. The maximum Gasteiger partial charge on any atom is 0.325 e. The molecule has 0 aliphatic carbocycles. The zero-order chi connectivity index (χ0) is 28.1. The van der Waals surface area contributed by atoms with Gasteiger partial charge in [-0.3, -0.25) is 14.7 Å². The van der Waals surface area contributed by atoms with Crippen LogP contribution in [0, 0.1) is 0 Å². The molecule has 40 heavy (non-hydrogen) atoms. The summed E-state index contributed by atoms with van der Waals surface area (Å²) < 4.78 is 0. The van der Waals surface area contributed by atoms with Gasteiger partial charge in [-0.15, -0.1) is 5.69 Å². The number of amides is 1. The standard InChI is InChI=1S/C33H49N3O3.Ni/c1-3-5-7-9-11-18-24-36(25-19-12-10-8-6-4-2)27-31(37)35-30-23-17-16-22-29(30)33(34-26-32(38)39)28-20-14-13-15-21-28;/h13-17,20-23H,3-12,18-19,24-27H2,1-2H3,(H2,34,35,37,38,39);/p-1. The molecule has 2 rings (SSSR count). The van der Waals surface area contributed by atoms with Crippen LogP contribution in [-0.2, 0) is 26.1 Å². The van der Waals surface area contributed by atoms with Crippen molar-refractivity contribution < 1.29 is 31.2 Å². The predicted molar refractivity (Wildman–Crippen MR) is 162 cm³/mol. The molecule has 0 bridgehead atoms. The van der Waals surface area contributed by atoms with E-state index in [1.165, 1.54) is 64.2 Å². The number of hydrogen-bond donors (Lipinski definition) is 1. The summed E-state index contributed by atoms with van der Waals surface area (Å²) in [5, 5.41) is 13.7. The third-order valence-corrected chi connectivity index (χ3v) is 6.84. The Hall–Kier alpha value is -2.50. The van der Waals surface area contributed by atoms with Gasteiger partial charge in [0.1, 0.15) is 6.54 Å². The fourth-order valence-electron chi connectivity index (χ4n) is 4.71. The van der Waals surface area contributed by atoms with E-state index in [1.807, 2.05) is 48.5 Å². The Bertz CT molecular complexity index is 981. The van der Waals surface area contributed by atoms with Gasteiger partial charge in [-0.1, -0.05) is 133 Å². The van der Waals surface area contributed by atoms with E-state index in [0.29, 0.717) is 23.5 Å². The summed E-state index contributed by atoms with van der Waals surface area (Å²) in [5.74, 6) is -1.18. The van der Waals surface area contributed by atoms with Crippen molar-refractivity contribution in [2.45, 2.75) is 90.9 Å². The molecule has 1 amide bonds. The van der Waals surface area contributed by atoms with E-state index in [0.717, 1.165) is 31.5 Å². The molecule has 0 radical (unpaired) electrons. The van der Waals surface area contributed by atoms with Gasteiger partial charge in [0.15, 0.2) is 0 Å². The Morgan fingerprint density at radius 2 is 1.27 bits per heavy atom. The Morgan fingerprint density at radius 1 is 0.750 bits per heavy atom. The van der Waals surface area contributed by atoms with Crippen molar-refractivity contribution in [2.24, 2.45) is 4.99 Å². The molecule has 0 unspecified atom stereocenters. The van der Waals surface area contributed by atoms with Gasteiger partial charge >= 0.3 is 5.97 Å². The molecular formula is C33H48N3NiO3-. The van der Waals surface area contributed by atoms with Crippen LogP contribution in [0.15, 0.2) is 59.6 Å². The van der Waals surface area contributed by atoms with Crippen molar-refractivity contribution in [3.63, 3.8) is 0 Å². The van der Waals surface area contributed by atoms with E-state index in [1.54, 1.807) is 6.07 Å². The first-order valence-electron chi connectivity index (χ1n) is 14.9. The smallest absolute Gasteiger partial charge is 0.325 e. The van der Waals surface area contributed by atoms with Crippen molar-refractivity contribution in [3.8, 4) is 0 Å². The average Bonchev–Trinajstić information content (AvgIpc) is 2.93. The maximum atomic E-state index is 13.2. The van der Waals surface area contributed by atoms with Crippen LogP contribution < -0.4 is 0 Å². The minimum atomic E-state index is -1.01. The second kappa shape index (κ2) is 22.2. The Labute approximate surface area is 252 Å². The van der Waals surface area contributed by atoms with Crippen LogP contribution in [-0.4, -0.2) is 53.8 Å². The first kappa shape index (κ1) is 35.5. The largest absolute Gasteiger partial charge is 0.625 e. The van der Waals surface area contributed by atoms with Crippen LogP contribution in [0.4, 0.5) is 5.69 Å². The van der Waals surface area contributed by atoms with Gasteiger partial charge < -0.3 is 15.2 Å². The summed E-state index contributed by atoms with van der Waals surface area (Å²) in [7, 11) is 0. The summed E-state index contributed by atoms with van der Waals surface area (Å²) in [6.07, 6.45) is 14.7. The van der Waals surface area contributed by atoms with E-state index >= 15 is 0 Å². The molecule has 0 saturated heterocycles. The fourth-order valence-corrected chi connectivity index (χ4v) is 4.71. The molecule has 0 atom stereocenters. The molecule has 6 nitrogen and oxygen atoms in total. The van der Waals surface area contributed by atoms with Crippen molar-refractivity contribution in [2.75, 3.05) is 26.2 Å². The maximum absolute atomic E-state index is 13.2. The number of aliphatic imine (C=N–C) groups is 1.